The first kappa shape index (κ1) is 27.0. The third-order valence-electron chi connectivity index (χ3n) is 5.98. The van der Waals surface area contributed by atoms with Crippen LogP contribution in [0.15, 0.2) is 78.2 Å². The second kappa shape index (κ2) is 10.5. The number of rotatable bonds is 8. The van der Waals surface area contributed by atoms with Crippen molar-refractivity contribution in [3.05, 3.63) is 78.9 Å². The van der Waals surface area contributed by atoms with Gasteiger partial charge in [0.1, 0.15) is 24.7 Å². The molecule has 5 aromatic rings. The van der Waals surface area contributed by atoms with Crippen LogP contribution in [-0.4, -0.2) is 57.1 Å². The minimum absolute atomic E-state index is 0.0985. The molecule has 0 radical (unpaired) electrons. The lowest BCUT2D eigenvalue weighted by atomic mass is 10.1. The summed E-state index contributed by atoms with van der Waals surface area (Å²) in [5.41, 5.74) is 2.96. The molecule has 0 fully saturated rings. The van der Waals surface area contributed by atoms with Crippen LogP contribution in [0.2, 0.25) is 0 Å². The summed E-state index contributed by atoms with van der Waals surface area (Å²) in [7, 11) is -3.47. The van der Waals surface area contributed by atoms with E-state index in [9.17, 15) is 21.6 Å². The first-order valence-electron chi connectivity index (χ1n) is 12.0. The van der Waals surface area contributed by atoms with E-state index in [1.807, 2.05) is 31.2 Å². The molecule has 0 saturated carbocycles. The average Bonchev–Trinajstić information content (AvgIpc) is 3.46. The Bertz CT molecular complexity index is 1760. The van der Waals surface area contributed by atoms with Gasteiger partial charge in [0.15, 0.2) is 15.7 Å². The van der Waals surface area contributed by atoms with Crippen molar-refractivity contribution in [2.75, 3.05) is 23.4 Å². The van der Waals surface area contributed by atoms with Crippen molar-refractivity contribution in [2.24, 2.45) is 0 Å². The van der Waals surface area contributed by atoms with Crippen molar-refractivity contribution >= 4 is 32.6 Å². The lowest BCUT2D eigenvalue weighted by Gasteiger charge is -2.17. The van der Waals surface area contributed by atoms with Gasteiger partial charge in [-0.15, -0.1) is 0 Å². The second-order valence-electron chi connectivity index (χ2n) is 9.03. The number of fused-ring (bicyclic) bond motifs is 1. The fourth-order valence-electron chi connectivity index (χ4n) is 3.97. The number of alkyl halides is 3. The van der Waals surface area contributed by atoms with Crippen LogP contribution in [0.1, 0.15) is 18.5 Å². The van der Waals surface area contributed by atoms with E-state index in [-0.39, 0.29) is 28.2 Å². The summed E-state index contributed by atoms with van der Waals surface area (Å²) >= 11 is 0. The van der Waals surface area contributed by atoms with Crippen LogP contribution >= 0.6 is 0 Å². The quantitative estimate of drug-likeness (QED) is 0.271. The molecule has 0 bridgehead atoms. The van der Waals surface area contributed by atoms with Gasteiger partial charge in [-0.2, -0.15) is 23.3 Å². The van der Waals surface area contributed by atoms with Crippen molar-refractivity contribution in [3.63, 3.8) is 0 Å². The zero-order valence-corrected chi connectivity index (χ0v) is 22.1. The van der Waals surface area contributed by atoms with Crippen LogP contribution in [0.3, 0.4) is 0 Å². The molecule has 0 aliphatic carbocycles. The van der Waals surface area contributed by atoms with Crippen LogP contribution in [0.25, 0.3) is 28.0 Å². The summed E-state index contributed by atoms with van der Waals surface area (Å²) in [4.78, 5) is 17.3. The fourth-order valence-corrected chi connectivity index (χ4v) is 4.63. The SMILES string of the molecule is C[C@@H](Nc1nc(NCC(F)(F)F)c2nc(-c3cccc(S(C)(=O)=O)c3)ccc2n1)c1ccc(-n2cncn2)cc1. The van der Waals surface area contributed by atoms with E-state index in [1.54, 1.807) is 35.3 Å². The number of halogens is 3. The molecule has 206 valence electrons. The Kier molecular flexibility index (Phi) is 7.10. The number of hydrogen-bond acceptors (Lipinski definition) is 9. The standard InChI is InChI=1S/C26H23F3N8O2S/c1-16(17-6-8-19(9-7-17)37-15-30-14-32-37)33-25-35-22-11-10-21(18-4-3-5-20(12-18)40(2,38)39)34-23(22)24(36-25)31-13-26(27,28)29/h3-12,14-16H,13H2,1-2H3,(H2,31,33,35,36)/t16-/m1/s1. The second-order valence-corrected chi connectivity index (χ2v) is 11.0. The Morgan fingerprint density at radius 2 is 1.77 bits per heavy atom. The summed E-state index contributed by atoms with van der Waals surface area (Å²) in [5, 5.41) is 9.56. The molecule has 0 saturated heterocycles. The van der Waals surface area contributed by atoms with Crippen LogP contribution < -0.4 is 10.6 Å². The Morgan fingerprint density at radius 3 is 2.45 bits per heavy atom. The zero-order chi connectivity index (χ0) is 28.5. The topological polar surface area (TPSA) is 128 Å². The normalized spacial score (nSPS) is 12.8. The summed E-state index contributed by atoms with van der Waals surface area (Å²) in [6.45, 7) is 0.546. The van der Waals surface area contributed by atoms with E-state index < -0.39 is 22.6 Å². The van der Waals surface area contributed by atoms with Crippen LogP contribution in [0, 0.1) is 0 Å². The molecule has 2 aromatic carbocycles. The third-order valence-corrected chi connectivity index (χ3v) is 7.09. The first-order chi connectivity index (χ1) is 19.0. The van der Waals surface area contributed by atoms with Gasteiger partial charge < -0.3 is 10.6 Å². The van der Waals surface area contributed by atoms with Gasteiger partial charge in [-0.25, -0.2) is 28.1 Å². The van der Waals surface area contributed by atoms with Crippen LogP contribution in [0.4, 0.5) is 24.9 Å². The minimum atomic E-state index is -4.49. The molecule has 0 aliphatic heterocycles. The van der Waals surface area contributed by atoms with Gasteiger partial charge >= 0.3 is 6.18 Å². The van der Waals surface area contributed by atoms with E-state index in [2.05, 4.69) is 35.7 Å². The van der Waals surface area contributed by atoms with E-state index >= 15 is 0 Å². The Balaban J connectivity index is 1.48. The zero-order valence-electron chi connectivity index (χ0n) is 21.3. The average molecular weight is 569 g/mol. The number of aromatic nitrogens is 6. The Labute approximate surface area is 227 Å². The largest absolute Gasteiger partial charge is 0.405 e. The molecule has 5 rings (SSSR count). The lowest BCUT2D eigenvalue weighted by Crippen LogP contribution is -2.22. The van der Waals surface area contributed by atoms with Gasteiger partial charge in [-0.05, 0) is 48.9 Å². The van der Waals surface area contributed by atoms with Gasteiger partial charge in [0.2, 0.25) is 5.95 Å². The number of pyridine rings is 1. The molecule has 14 heteroatoms. The molecular formula is C26H23F3N8O2S. The minimum Gasteiger partial charge on any atom is -0.359 e. The maximum atomic E-state index is 13.1. The molecule has 0 unspecified atom stereocenters. The lowest BCUT2D eigenvalue weighted by molar-refractivity contribution is -0.115. The first-order valence-corrected chi connectivity index (χ1v) is 13.9. The van der Waals surface area contributed by atoms with Crippen LogP contribution in [0.5, 0.6) is 0 Å². The molecule has 10 nitrogen and oxygen atoms in total. The highest BCUT2D eigenvalue weighted by atomic mass is 32.2. The smallest absolute Gasteiger partial charge is 0.359 e. The maximum Gasteiger partial charge on any atom is 0.405 e. The molecule has 0 spiro atoms. The number of nitrogens with zero attached hydrogens (tertiary/aromatic N) is 6. The van der Waals surface area contributed by atoms with Crippen molar-refractivity contribution < 1.29 is 21.6 Å². The van der Waals surface area contributed by atoms with Gasteiger partial charge in [0.05, 0.1) is 27.8 Å². The van der Waals surface area contributed by atoms with E-state index in [1.165, 1.54) is 18.5 Å². The highest BCUT2D eigenvalue weighted by Crippen LogP contribution is 2.28. The molecule has 1 atom stereocenters. The number of anilines is 2. The van der Waals surface area contributed by atoms with Crippen molar-refractivity contribution in [1.29, 1.82) is 0 Å². The Hall–Kier alpha value is -4.59. The highest BCUT2D eigenvalue weighted by molar-refractivity contribution is 7.90. The van der Waals surface area contributed by atoms with Gasteiger partial charge in [0, 0.05) is 11.8 Å². The fraction of sp³-hybridized carbons (Fsp3) is 0.192. The molecule has 0 amide bonds. The number of nitrogens with one attached hydrogen (secondary N) is 2. The monoisotopic (exact) mass is 568 g/mol. The number of sulfone groups is 1. The molecule has 40 heavy (non-hydrogen) atoms. The van der Waals surface area contributed by atoms with Crippen molar-refractivity contribution in [3.8, 4) is 16.9 Å². The van der Waals surface area contributed by atoms with E-state index in [0.717, 1.165) is 17.5 Å². The third kappa shape index (κ3) is 6.17. The van der Waals surface area contributed by atoms with Crippen LogP contribution in [-0.2, 0) is 9.84 Å². The molecule has 0 aliphatic rings. The number of hydrogen-bond donors (Lipinski definition) is 2. The molecular weight excluding hydrogens is 545 g/mol. The molecule has 3 aromatic heterocycles. The van der Waals surface area contributed by atoms with Crippen molar-refractivity contribution in [1.82, 2.24) is 29.7 Å². The summed E-state index contributed by atoms with van der Waals surface area (Å²) in [5.74, 6) is -0.00155. The molecule has 2 N–H and O–H groups in total. The summed E-state index contributed by atoms with van der Waals surface area (Å²) in [6, 6.07) is 16.6. The van der Waals surface area contributed by atoms with Gasteiger partial charge in [-0.1, -0.05) is 24.3 Å². The Morgan fingerprint density at radius 1 is 1.00 bits per heavy atom. The van der Waals surface area contributed by atoms with E-state index in [0.29, 0.717) is 16.8 Å². The van der Waals surface area contributed by atoms with Gasteiger partial charge in [0.25, 0.3) is 0 Å². The highest BCUT2D eigenvalue weighted by Gasteiger charge is 2.27. The predicted molar refractivity (Wildman–Crippen MR) is 144 cm³/mol. The maximum absolute atomic E-state index is 13.1. The summed E-state index contributed by atoms with van der Waals surface area (Å²) in [6.07, 6.45) is -0.389. The molecule has 3 heterocycles. The predicted octanol–water partition coefficient (Wildman–Crippen LogP) is 4.82. The van der Waals surface area contributed by atoms with Gasteiger partial charge in [-0.3, -0.25) is 0 Å². The van der Waals surface area contributed by atoms with E-state index in [4.69, 9.17) is 0 Å². The summed E-state index contributed by atoms with van der Waals surface area (Å²) < 4.78 is 64.9. The number of benzene rings is 2. The van der Waals surface area contributed by atoms with Crippen molar-refractivity contribution in [2.45, 2.75) is 24.0 Å².